The molecule has 6 heteroatoms. The number of amidine groups is 1. The molecule has 2 rings (SSSR count). The molecular formula is C12H15N5O. The van der Waals surface area contributed by atoms with Gasteiger partial charge in [0, 0.05) is 12.1 Å². The minimum Gasteiger partial charge on any atom is -0.351 e. The van der Waals surface area contributed by atoms with E-state index in [1.807, 2.05) is 30.3 Å². The zero-order valence-corrected chi connectivity index (χ0v) is 9.89. The fourth-order valence-corrected chi connectivity index (χ4v) is 1.47. The Balaban J connectivity index is 1.84. The normalized spacial score (nSPS) is 14.3. The van der Waals surface area contributed by atoms with Crippen molar-refractivity contribution in [3.8, 4) is 0 Å². The Labute approximate surface area is 105 Å². The predicted molar refractivity (Wildman–Crippen MR) is 69.2 cm³/mol. The third-order valence-corrected chi connectivity index (χ3v) is 2.32. The fraction of sp³-hybridized carbons (Fsp3) is 0.167. The van der Waals surface area contributed by atoms with Crippen molar-refractivity contribution in [2.24, 2.45) is 5.10 Å². The fourth-order valence-electron chi connectivity index (χ4n) is 1.47. The number of carbonyl (C=O) groups is 1. The molecule has 0 unspecified atom stereocenters. The Morgan fingerprint density at radius 3 is 2.94 bits per heavy atom. The smallest absolute Gasteiger partial charge is 0.238 e. The second-order valence-electron chi connectivity index (χ2n) is 3.72. The molecule has 0 radical (unpaired) electrons. The lowest BCUT2D eigenvalue weighted by molar-refractivity contribution is -0.123. The van der Waals surface area contributed by atoms with Gasteiger partial charge in [-0.3, -0.25) is 10.2 Å². The number of hydrazine groups is 2. The van der Waals surface area contributed by atoms with E-state index in [0.29, 0.717) is 12.4 Å². The minimum atomic E-state index is -0.112. The summed E-state index contributed by atoms with van der Waals surface area (Å²) in [5, 5.41) is 8.30. The lowest BCUT2D eigenvalue weighted by atomic mass is 10.2. The van der Waals surface area contributed by atoms with E-state index in [2.05, 4.69) is 28.0 Å². The average Bonchev–Trinajstić information content (AvgIpc) is 2.86. The number of hydrazone groups is 1. The van der Waals surface area contributed by atoms with Crippen LogP contribution in [0.2, 0.25) is 0 Å². The Hall–Kier alpha value is -2.34. The highest BCUT2D eigenvalue weighted by atomic mass is 16.2. The second-order valence-corrected chi connectivity index (χ2v) is 3.72. The molecule has 1 aliphatic rings. The van der Waals surface area contributed by atoms with Crippen molar-refractivity contribution in [1.29, 1.82) is 0 Å². The first-order valence-electron chi connectivity index (χ1n) is 5.60. The second kappa shape index (κ2) is 5.83. The number of hydrogen-bond donors (Lipinski definition) is 3. The van der Waals surface area contributed by atoms with Crippen LogP contribution < -0.4 is 16.3 Å². The molecular weight excluding hydrogens is 230 g/mol. The summed E-state index contributed by atoms with van der Waals surface area (Å²) in [6.07, 6.45) is 1.63. The van der Waals surface area contributed by atoms with E-state index in [0.717, 1.165) is 5.56 Å². The number of carbonyl (C=O) groups excluding carboxylic acids is 1. The summed E-state index contributed by atoms with van der Waals surface area (Å²) in [5.74, 6) is 0.575. The van der Waals surface area contributed by atoms with Crippen molar-refractivity contribution in [2.45, 2.75) is 0 Å². The van der Waals surface area contributed by atoms with Gasteiger partial charge in [0.2, 0.25) is 5.91 Å². The van der Waals surface area contributed by atoms with Crippen molar-refractivity contribution in [3.05, 3.63) is 48.6 Å². The molecule has 1 amide bonds. The van der Waals surface area contributed by atoms with Crippen LogP contribution in [0.1, 0.15) is 5.56 Å². The van der Waals surface area contributed by atoms with E-state index >= 15 is 0 Å². The molecule has 0 saturated carbocycles. The van der Waals surface area contributed by atoms with E-state index in [4.69, 9.17) is 0 Å². The zero-order chi connectivity index (χ0) is 12.8. The van der Waals surface area contributed by atoms with Gasteiger partial charge in [-0.2, -0.15) is 0 Å². The van der Waals surface area contributed by atoms with Crippen molar-refractivity contribution < 1.29 is 4.79 Å². The molecule has 0 aliphatic carbocycles. The summed E-state index contributed by atoms with van der Waals surface area (Å²) in [4.78, 5) is 11.5. The molecule has 0 atom stereocenters. The van der Waals surface area contributed by atoms with Crippen LogP contribution in [0.3, 0.4) is 0 Å². The minimum absolute atomic E-state index is 0.112. The number of rotatable bonds is 5. The Kier molecular flexibility index (Phi) is 3.93. The third-order valence-electron chi connectivity index (χ3n) is 2.32. The Bertz CT molecular complexity index is 457. The molecule has 0 spiro atoms. The number of hydrogen-bond acceptors (Lipinski definition) is 5. The van der Waals surface area contributed by atoms with Crippen molar-refractivity contribution in [1.82, 2.24) is 21.4 Å². The Morgan fingerprint density at radius 2 is 2.22 bits per heavy atom. The molecule has 94 valence electrons. The van der Waals surface area contributed by atoms with E-state index in [-0.39, 0.29) is 12.5 Å². The summed E-state index contributed by atoms with van der Waals surface area (Å²) < 4.78 is 0. The number of nitrogens with one attached hydrogen (secondary N) is 3. The van der Waals surface area contributed by atoms with Crippen LogP contribution in [0.15, 0.2) is 48.1 Å². The van der Waals surface area contributed by atoms with Gasteiger partial charge in [-0.1, -0.05) is 36.4 Å². The first kappa shape index (κ1) is 12.1. The number of nitrogens with zero attached hydrogens (tertiary/aromatic N) is 2. The zero-order valence-electron chi connectivity index (χ0n) is 9.89. The summed E-state index contributed by atoms with van der Waals surface area (Å²) in [7, 11) is 0. The molecule has 1 aromatic rings. The third kappa shape index (κ3) is 3.08. The van der Waals surface area contributed by atoms with Gasteiger partial charge in [-0.15, -0.1) is 16.8 Å². The molecule has 1 aliphatic heterocycles. The maximum Gasteiger partial charge on any atom is 0.238 e. The molecule has 0 fully saturated rings. The van der Waals surface area contributed by atoms with Gasteiger partial charge in [0.25, 0.3) is 0 Å². The summed E-state index contributed by atoms with van der Waals surface area (Å²) in [5.41, 5.74) is 6.69. The van der Waals surface area contributed by atoms with Crippen LogP contribution in [-0.2, 0) is 4.79 Å². The van der Waals surface area contributed by atoms with Crippen molar-refractivity contribution in [3.63, 3.8) is 0 Å². The molecule has 1 aromatic carbocycles. The van der Waals surface area contributed by atoms with Crippen LogP contribution in [-0.4, -0.2) is 30.0 Å². The molecule has 3 N–H and O–H groups in total. The number of amides is 1. The van der Waals surface area contributed by atoms with Crippen LogP contribution in [0.5, 0.6) is 0 Å². The van der Waals surface area contributed by atoms with Gasteiger partial charge in [0.05, 0.1) is 0 Å². The lowest BCUT2D eigenvalue weighted by Gasteiger charge is -2.14. The highest BCUT2D eigenvalue weighted by Crippen LogP contribution is 2.02. The van der Waals surface area contributed by atoms with Gasteiger partial charge < -0.3 is 5.32 Å². The van der Waals surface area contributed by atoms with Gasteiger partial charge >= 0.3 is 0 Å². The van der Waals surface area contributed by atoms with E-state index in [1.165, 1.54) is 5.12 Å². The lowest BCUT2D eigenvalue weighted by Crippen LogP contribution is -2.47. The average molecular weight is 245 g/mol. The molecule has 0 bridgehead atoms. The number of benzene rings is 1. The largest absolute Gasteiger partial charge is 0.351 e. The summed E-state index contributed by atoms with van der Waals surface area (Å²) in [6.45, 7) is 4.15. The van der Waals surface area contributed by atoms with Crippen LogP contribution in [0.4, 0.5) is 0 Å². The maximum absolute atomic E-state index is 11.5. The quantitative estimate of drug-likeness (QED) is 0.637. The van der Waals surface area contributed by atoms with Gasteiger partial charge in [0.1, 0.15) is 6.54 Å². The predicted octanol–water partition coefficient (Wildman–Crippen LogP) is -0.0248. The first-order valence-corrected chi connectivity index (χ1v) is 5.60. The molecule has 18 heavy (non-hydrogen) atoms. The van der Waals surface area contributed by atoms with Crippen LogP contribution in [0.25, 0.3) is 0 Å². The van der Waals surface area contributed by atoms with E-state index in [9.17, 15) is 4.79 Å². The van der Waals surface area contributed by atoms with E-state index in [1.54, 1.807) is 6.08 Å². The molecule has 1 heterocycles. The monoisotopic (exact) mass is 245 g/mol. The van der Waals surface area contributed by atoms with Crippen molar-refractivity contribution >= 4 is 11.7 Å². The van der Waals surface area contributed by atoms with Gasteiger partial charge in [-0.25, -0.2) is 5.53 Å². The molecule has 0 aromatic heterocycles. The highest BCUT2D eigenvalue weighted by Gasteiger charge is 2.17. The van der Waals surface area contributed by atoms with Gasteiger partial charge in [0.15, 0.2) is 5.84 Å². The van der Waals surface area contributed by atoms with E-state index < -0.39 is 0 Å². The Morgan fingerprint density at radius 1 is 1.44 bits per heavy atom. The van der Waals surface area contributed by atoms with Crippen LogP contribution in [0, 0.1) is 0 Å². The van der Waals surface area contributed by atoms with Gasteiger partial charge in [-0.05, 0) is 0 Å². The van der Waals surface area contributed by atoms with Crippen molar-refractivity contribution in [2.75, 3.05) is 13.1 Å². The summed E-state index contributed by atoms with van der Waals surface area (Å²) in [6, 6.07) is 9.68. The maximum atomic E-state index is 11.5. The standard InChI is InChI=1S/C12H15N5O/c1-2-8-13-11(18)9-17-15-12(14-16-17)10-6-4-3-5-7-10/h2-7,16H,1,8-9H2,(H,13,18)(H,14,15). The SMILES string of the molecule is C=CCNC(=O)CN1NN=C(c2ccccc2)N1. The highest BCUT2D eigenvalue weighted by molar-refractivity contribution is 5.99. The molecule has 0 saturated heterocycles. The first-order chi connectivity index (χ1) is 8.79. The molecule has 6 nitrogen and oxygen atoms in total. The summed E-state index contributed by atoms with van der Waals surface area (Å²) >= 11 is 0. The topological polar surface area (TPSA) is 68.8 Å². The van der Waals surface area contributed by atoms with Crippen LogP contribution >= 0.6 is 0 Å².